The SMILES string of the molecule is CC(CO)C(=O)NNCc1ccc(O)c(O)c1O. The van der Waals surface area contributed by atoms with Gasteiger partial charge in [0.2, 0.25) is 11.7 Å². The smallest absolute Gasteiger partial charge is 0.239 e. The maximum Gasteiger partial charge on any atom is 0.239 e. The van der Waals surface area contributed by atoms with Crippen LogP contribution in [0.3, 0.4) is 0 Å². The third-order valence-electron chi connectivity index (χ3n) is 2.43. The van der Waals surface area contributed by atoms with Gasteiger partial charge in [0, 0.05) is 12.1 Å². The average Bonchev–Trinajstić information content (AvgIpc) is 2.37. The zero-order valence-corrected chi connectivity index (χ0v) is 9.84. The molecule has 100 valence electrons. The van der Waals surface area contributed by atoms with Gasteiger partial charge in [0.1, 0.15) is 0 Å². The van der Waals surface area contributed by atoms with Crippen molar-refractivity contribution in [3.8, 4) is 17.2 Å². The maximum atomic E-state index is 11.3. The van der Waals surface area contributed by atoms with Gasteiger partial charge in [0.05, 0.1) is 12.5 Å². The van der Waals surface area contributed by atoms with E-state index in [-0.39, 0.29) is 19.1 Å². The number of hydrazine groups is 1. The minimum Gasteiger partial charge on any atom is -0.504 e. The number of amides is 1. The van der Waals surface area contributed by atoms with Crippen molar-refractivity contribution in [3.05, 3.63) is 17.7 Å². The molecule has 1 aromatic carbocycles. The molecule has 0 heterocycles. The van der Waals surface area contributed by atoms with Gasteiger partial charge in [-0.3, -0.25) is 10.2 Å². The number of phenols is 3. The molecule has 0 saturated carbocycles. The van der Waals surface area contributed by atoms with E-state index >= 15 is 0 Å². The Morgan fingerprint density at radius 3 is 2.56 bits per heavy atom. The molecule has 0 aliphatic heterocycles. The molecule has 0 aliphatic rings. The first kappa shape index (κ1) is 14.1. The summed E-state index contributed by atoms with van der Waals surface area (Å²) in [5, 5.41) is 36.6. The van der Waals surface area contributed by atoms with Crippen LogP contribution in [0.2, 0.25) is 0 Å². The molecule has 6 N–H and O–H groups in total. The van der Waals surface area contributed by atoms with Gasteiger partial charge in [0.25, 0.3) is 0 Å². The highest BCUT2D eigenvalue weighted by Crippen LogP contribution is 2.36. The predicted octanol–water partition coefficient (Wildman–Crippen LogP) is -0.447. The van der Waals surface area contributed by atoms with Crippen molar-refractivity contribution in [3.63, 3.8) is 0 Å². The van der Waals surface area contributed by atoms with Crippen molar-refractivity contribution in [2.45, 2.75) is 13.5 Å². The Morgan fingerprint density at radius 1 is 1.28 bits per heavy atom. The van der Waals surface area contributed by atoms with E-state index in [1.165, 1.54) is 12.1 Å². The molecule has 1 atom stereocenters. The Hall–Kier alpha value is -1.99. The normalized spacial score (nSPS) is 12.1. The highest BCUT2D eigenvalue weighted by molar-refractivity contribution is 5.77. The third-order valence-corrected chi connectivity index (χ3v) is 2.43. The first-order valence-electron chi connectivity index (χ1n) is 5.33. The summed E-state index contributed by atoms with van der Waals surface area (Å²) in [6.45, 7) is 1.35. The number of rotatable bonds is 5. The van der Waals surface area contributed by atoms with Crippen molar-refractivity contribution >= 4 is 5.91 Å². The van der Waals surface area contributed by atoms with Crippen LogP contribution in [0.4, 0.5) is 0 Å². The third kappa shape index (κ3) is 3.25. The van der Waals surface area contributed by atoms with E-state index in [0.29, 0.717) is 5.56 Å². The second-order valence-electron chi connectivity index (χ2n) is 3.87. The van der Waals surface area contributed by atoms with E-state index in [2.05, 4.69) is 10.9 Å². The van der Waals surface area contributed by atoms with Gasteiger partial charge >= 0.3 is 0 Å². The number of hydrogen-bond donors (Lipinski definition) is 6. The minimum atomic E-state index is -0.607. The van der Waals surface area contributed by atoms with Crippen LogP contribution >= 0.6 is 0 Å². The first-order valence-corrected chi connectivity index (χ1v) is 5.33. The number of benzene rings is 1. The molecule has 1 aromatic rings. The molecule has 0 saturated heterocycles. The second-order valence-corrected chi connectivity index (χ2v) is 3.87. The van der Waals surface area contributed by atoms with Crippen molar-refractivity contribution in [1.82, 2.24) is 10.9 Å². The summed E-state index contributed by atoms with van der Waals surface area (Å²) in [5.41, 5.74) is 5.19. The molecular formula is C11H16N2O5. The number of aromatic hydroxyl groups is 3. The van der Waals surface area contributed by atoms with E-state index < -0.39 is 23.2 Å². The lowest BCUT2D eigenvalue weighted by Crippen LogP contribution is -2.40. The lowest BCUT2D eigenvalue weighted by molar-refractivity contribution is -0.126. The summed E-state index contributed by atoms with van der Waals surface area (Å²) in [7, 11) is 0. The minimum absolute atomic E-state index is 0.0591. The molecule has 7 heteroatoms. The van der Waals surface area contributed by atoms with E-state index in [9.17, 15) is 15.0 Å². The Kier molecular flexibility index (Phi) is 4.75. The fourth-order valence-electron chi connectivity index (χ4n) is 1.19. The van der Waals surface area contributed by atoms with E-state index in [4.69, 9.17) is 10.2 Å². The van der Waals surface area contributed by atoms with Crippen LogP contribution in [-0.2, 0) is 11.3 Å². The summed E-state index contributed by atoms with van der Waals surface area (Å²) >= 11 is 0. The number of carbonyl (C=O) groups excluding carboxylic acids is 1. The van der Waals surface area contributed by atoms with Gasteiger partial charge < -0.3 is 20.4 Å². The Morgan fingerprint density at radius 2 is 1.94 bits per heavy atom. The average molecular weight is 256 g/mol. The van der Waals surface area contributed by atoms with Gasteiger partial charge in [0.15, 0.2) is 11.5 Å². The van der Waals surface area contributed by atoms with E-state index in [1.54, 1.807) is 6.92 Å². The summed E-state index contributed by atoms with van der Waals surface area (Å²) in [6.07, 6.45) is 0. The van der Waals surface area contributed by atoms with Crippen LogP contribution < -0.4 is 10.9 Å². The number of phenolic OH excluding ortho intramolecular Hbond substituents is 3. The Balaban J connectivity index is 2.55. The first-order chi connectivity index (χ1) is 8.47. The number of nitrogens with one attached hydrogen (secondary N) is 2. The largest absolute Gasteiger partial charge is 0.504 e. The monoisotopic (exact) mass is 256 g/mol. The standard InChI is InChI=1S/C11H16N2O5/c1-6(5-14)11(18)13-12-4-7-2-3-8(15)10(17)9(7)16/h2-3,6,12,14-17H,4-5H2,1H3,(H,13,18). The number of hydrogen-bond acceptors (Lipinski definition) is 6. The molecule has 0 fully saturated rings. The van der Waals surface area contributed by atoms with Crippen LogP contribution in [0.1, 0.15) is 12.5 Å². The molecular weight excluding hydrogens is 240 g/mol. The van der Waals surface area contributed by atoms with Crippen molar-refractivity contribution in [2.24, 2.45) is 5.92 Å². The molecule has 18 heavy (non-hydrogen) atoms. The number of aliphatic hydroxyl groups is 1. The van der Waals surface area contributed by atoms with E-state index in [1.807, 2.05) is 0 Å². The molecule has 0 spiro atoms. The highest BCUT2D eigenvalue weighted by atomic mass is 16.3. The summed E-state index contributed by atoms with van der Waals surface area (Å²) in [5.74, 6) is -2.41. The molecule has 7 nitrogen and oxygen atoms in total. The fourth-order valence-corrected chi connectivity index (χ4v) is 1.19. The van der Waals surface area contributed by atoms with Crippen LogP contribution in [0, 0.1) is 5.92 Å². The van der Waals surface area contributed by atoms with Crippen LogP contribution in [0.15, 0.2) is 12.1 Å². The molecule has 1 amide bonds. The number of aliphatic hydroxyl groups excluding tert-OH is 1. The van der Waals surface area contributed by atoms with Crippen LogP contribution in [-0.4, -0.2) is 32.9 Å². The number of carbonyl (C=O) groups is 1. The van der Waals surface area contributed by atoms with Gasteiger partial charge in [-0.15, -0.1) is 0 Å². The molecule has 0 aliphatic carbocycles. The van der Waals surface area contributed by atoms with Gasteiger partial charge in [-0.1, -0.05) is 13.0 Å². The van der Waals surface area contributed by atoms with Gasteiger partial charge in [-0.2, -0.15) is 0 Å². The van der Waals surface area contributed by atoms with E-state index in [0.717, 1.165) is 0 Å². The molecule has 1 unspecified atom stereocenters. The molecule has 0 bridgehead atoms. The zero-order valence-electron chi connectivity index (χ0n) is 9.84. The lowest BCUT2D eigenvalue weighted by Gasteiger charge is -2.12. The molecule has 1 rings (SSSR count). The topological polar surface area (TPSA) is 122 Å². The van der Waals surface area contributed by atoms with Crippen molar-refractivity contribution < 1.29 is 25.2 Å². The summed E-state index contributed by atoms with van der Waals surface area (Å²) in [6, 6.07) is 2.63. The zero-order chi connectivity index (χ0) is 13.7. The van der Waals surface area contributed by atoms with Crippen LogP contribution in [0.5, 0.6) is 17.2 Å². The van der Waals surface area contributed by atoms with Gasteiger partial charge in [-0.25, -0.2) is 5.43 Å². The molecule has 0 aromatic heterocycles. The maximum absolute atomic E-state index is 11.3. The fraction of sp³-hybridized carbons (Fsp3) is 0.364. The predicted molar refractivity (Wildman–Crippen MR) is 62.7 cm³/mol. The summed E-state index contributed by atoms with van der Waals surface area (Å²) < 4.78 is 0. The highest BCUT2D eigenvalue weighted by Gasteiger charge is 2.13. The Bertz CT molecular complexity index is 436. The summed E-state index contributed by atoms with van der Waals surface area (Å²) in [4.78, 5) is 11.3. The quantitative estimate of drug-likeness (QED) is 0.313. The second kappa shape index (κ2) is 6.08. The lowest BCUT2D eigenvalue weighted by atomic mass is 10.1. The van der Waals surface area contributed by atoms with Crippen LogP contribution in [0.25, 0.3) is 0 Å². The Labute approximate surface area is 104 Å². The van der Waals surface area contributed by atoms with Gasteiger partial charge in [-0.05, 0) is 6.07 Å². The molecule has 0 radical (unpaired) electrons. The van der Waals surface area contributed by atoms with Crippen molar-refractivity contribution in [2.75, 3.05) is 6.61 Å². The van der Waals surface area contributed by atoms with Crippen molar-refractivity contribution in [1.29, 1.82) is 0 Å².